The lowest BCUT2D eigenvalue weighted by Crippen LogP contribution is -2.90. The molecule has 0 aliphatic carbocycles. The van der Waals surface area contributed by atoms with Gasteiger partial charge in [-0.2, -0.15) is 0 Å². The third kappa shape index (κ3) is 2.16. The quantitative estimate of drug-likeness (QED) is 0.507. The summed E-state index contributed by atoms with van der Waals surface area (Å²) >= 11 is 0. The number of nitrogens with two attached hydrogens (primary N) is 1. The van der Waals surface area contributed by atoms with Crippen molar-refractivity contribution in [2.45, 2.75) is 0 Å². The lowest BCUT2D eigenvalue weighted by atomic mass is 10.3. The predicted molar refractivity (Wildman–Crippen MR) is 51.0 cm³/mol. The first-order valence-electron chi connectivity index (χ1n) is 5.31. The van der Waals surface area contributed by atoms with Gasteiger partial charge in [-0.1, -0.05) is 0 Å². The molecule has 80 valence electrons. The topological polar surface area (TPSA) is 49.4 Å². The highest BCUT2D eigenvalue weighted by molar-refractivity contribution is 5.74. The first-order valence-corrected chi connectivity index (χ1v) is 5.31. The van der Waals surface area contributed by atoms with Gasteiger partial charge in [0.05, 0.1) is 39.4 Å². The molecule has 0 aromatic rings. The number of morpholine rings is 1. The van der Waals surface area contributed by atoms with Crippen molar-refractivity contribution in [1.82, 2.24) is 9.80 Å². The van der Waals surface area contributed by atoms with E-state index in [1.807, 2.05) is 9.80 Å². The van der Waals surface area contributed by atoms with Crippen LogP contribution in [0.15, 0.2) is 0 Å². The van der Waals surface area contributed by atoms with E-state index >= 15 is 0 Å². The van der Waals surface area contributed by atoms with Crippen LogP contribution in [0.3, 0.4) is 0 Å². The van der Waals surface area contributed by atoms with Crippen molar-refractivity contribution in [3.05, 3.63) is 0 Å². The number of carbonyl (C=O) groups excluding carboxylic acids is 1. The molecule has 0 radical (unpaired) electrons. The van der Waals surface area contributed by atoms with Crippen LogP contribution in [0.5, 0.6) is 0 Å². The molecule has 0 unspecified atom stereocenters. The molecule has 2 fully saturated rings. The van der Waals surface area contributed by atoms with Crippen LogP contribution < -0.4 is 5.32 Å². The first-order chi connectivity index (χ1) is 6.88. The number of carbonyl (C=O) groups is 1. The average molecular weight is 200 g/mol. The summed E-state index contributed by atoms with van der Waals surface area (Å²) in [6.45, 7) is 6.72. The zero-order valence-corrected chi connectivity index (χ0v) is 8.45. The lowest BCUT2D eigenvalue weighted by molar-refractivity contribution is -0.662. The van der Waals surface area contributed by atoms with Gasteiger partial charge in [0.15, 0.2) is 0 Å². The lowest BCUT2D eigenvalue weighted by Gasteiger charge is -2.33. The number of urea groups is 1. The fourth-order valence-electron chi connectivity index (χ4n) is 1.90. The van der Waals surface area contributed by atoms with E-state index < -0.39 is 0 Å². The van der Waals surface area contributed by atoms with Gasteiger partial charge in [0.2, 0.25) is 0 Å². The van der Waals surface area contributed by atoms with Gasteiger partial charge in [0.1, 0.15) is 0 Å². The number of quaternary nitrogens is 1. The maximum absolute atomic E-state index is 11.9. The van der Waals surface area contributed by atoms with Crippen LogP contribution in [-0.2, 0) is 4.74 Å². The number of amides is 2. The molecule has 2 N–H and O–H groups in total. The third-order valence-electron chi connectivity index (χ3n) is 2.76. The summed E-state index contributed by atoms with van der Waals surface area (Å²) in [6, 6.07) is 0.196. The second kappa shape index (κ2) is 4.61. The van der Waals surface area contributed by atoms with E-state index in [9.17, 15) is 4.79 Å². The van der Waals surface area contributed by atoms with E-state index in [0.717, 1.165) is 39.3 Å². The van der Waals surface area contributed by atoms with Crippen LogP contribution in [0, 0.1) is 0 Å². The average Bonchev–Trinajstić information content (AvgIpc) is 2.30. The Labute approximate surface area is 84.0 Å². The molecule has 14 heavy (non-hydrogen) atoms. The minimum atomic E-state index is 0.196. The molecule has 5 nitrogen and oxygen atoms in total. The molecule has 0 spiro atoms. The van der Waals surface area contributed by atoms with E-state index in [1.54, 1.807) is 0 Å². The number of rotatable bonds is 0. The molecule has 0 bridgehead atoms. The van der Waals surface area contributed by atoms with Gasteiger partial charge in [-0.25, -0.2) is 4.79 Å². The van der Waals surface area contributed by atoms with E-state index in [4.69, 9.17) is 4.74 Å². The summed E-state index contributed by atoms with van der Waals surface area (Å²) < 4.78 is 5.22. The maximum atomic E-state index is 11.9. The van der Waals surface area contributed by atoms with Gasteiger partial charge in [0.25, 0.3) is 0 Å². The van der Waals surface area contributed by atoms with Crippen molar-refractivity contribution in [1.29, 1.82) is 0 Å². The van der Waals surface area contributed by atoms with Gasteiger partial charge in [0, 0.05) is 13.1 Å². The smallest absolute Gasteiger partial charge is 0.320 e. The summed E-state index contributed by atoms with van der Waals surface area (Å²) in [5.74, 6) is 0. The standard InChI is InChI=1S/C9H17N3O2/c13-9(11-3-1-10-2-4-11)12-5-7-14-8-6-12/h10H,1-8H2/p+1. The van der Waals surface area contributed by atoms with Crippen molar-refractivity contribution in [2.75, 3.05) is 52.5 Å². The summed E-state index contributed by atoms with van der Waals surface area (Å²) in [7, 11) is 0. The van der Waals surface area contributed by atoms with Gasteiger partial charge >= 0.3 is 6.03 Å². The van der Waals surface area contributed by atoms with Crippen molar-refractivity contribution < 1.29 is 14.8 Å². The molecule has 0 aromatic carbocycles. The van der Waals surface area contributed by atoms with E-state index in [0.29, 0.717) is 13.2 Å². The van der Waals surface area contributed by atoms with Gasteiger partial charge in [-0.3, -0.25) is 0 Å². The minimum absolute atomic E-state index is 0.196. The van der Waals surface area contributed by atoms with Gasteiger partial charge in [-0.05, 0) is 0 Å². The Balaban J connectivity index is 1.85. The molecular weight excluding hydrogens is 182 g/mol. The minimum Gasteiger partial charge on any atom is -0.378 e. The fraction of sp³-hybridized carbons (Fsp3) is 0.889. The van der Waals surface area contributed by atoms with Crippen LogP contribution in [0.4, 0.5) is 4.79 Å². The Morgan fingerprint density at radius 3 is 2.21 bits per heavy atom. The molecule has 0 aromatic heterocycles. The number of nitrogens with zero attached hydrogens (tertiary/aromatic N) is 2. The maximum Gasteiger partial charge on any atom is 0.320 e. The molecule has 2 rings (SSSR count). The zero-order valence-electron chi connectivity index (χ0n) is 8.45. The number of hydrogen-bond acceptors (Lipinski definition) is 2. The summed E-state index contributed by atoms with van der Waals surface area (Å²) in [5.41, 5.74) is 0. The SMILES string of the molecule is O=C(N1CC[NH2+]CC1)N1CCOCC1. The van der Waals surface area contributed by atoms with Gasteiger partial charge < -0.3 is 19.9 Å². The Bertz CT molecular complexity index is 178. The van der Waals surface area contributed by atoms with Crippen LogP contribution in [0.1, 0.15) is 0 Å². The van der Waals surface area contributed by atoms with Crippen molar-refractivity contribution in [3.63, 3.8) is 0 Å². The Kier molecular flexibility index (Phi) is 3.21. The highest BCUT2D eigenvalue weighted by atomic mass is 16.5. The first kappa shape index (κ1) is 9.73. The van der Waals surface area contributed by atoms with E-state index in [1.165, 1.54) is 0 Å². The monoisotopic (exact) mass is 200 g/mol. The Morgan fingerprint density at radius 1 is 1.00 bits per heavy atom. The number of ether oxygens (including phenoxy) is 1. The summed E-state index contributed by atoms with van der Waals surface area (Å²) in [4.78, 5) is 15.8. The molecule has 5 heteroatoms. The molecule has 2 heterocycles. The number of piperazine rings is 1. The van der Waals surface area contributed by atoms with E-state index in [2.05, 4.69) is 5.32 Å². The fourth-order valence-corrected chi connectivity index (χ4v) is 1.90. The second-order valence-corrected chi connectivity index (χ2v) is 3.74. The molecule has 2 aliphatic rings. The summed E-state index contributed by atoms with van der Waals surface area (Å²) in [5, 5.41) is 2.25. The van der Waals surface area contributed by atoms with Crippen LogP contribution >= 0.6 is 0 Å². The molecular formula is C9H18N3O2+. The third-order valence-corrected chi connectivity index (χ3v) is 2.76. The van der Waals surface area contributed by atoms with Crippen LogP contribution in [0.2, 0.25) is 0 Å². The zero-order chi connectivity index (χ0) is 9.80. The second-order valence-electron chi connectivity index (χ2n) is 3.74. The highest BCUT2D eigenvalue weighted by Gasteiger charge is 2.24. The molecule has 2 aliphatic heterocycles. The summed E-state index contributed by atoms with van der Waals surface area (Å²) in [6.07, 6.45) is 0. The van der Waals surface area contributed by atoms with Crippen molar-refractivity contribution in [3.8, 4) is 0 Å². The molecule has 0 saturated carbocycles. The van der Waals surface area contributed by atoms with Gasteiger partial charge in [-0.15, -0.1) is 0 Å². The van der Waals surface area contributed by atoms with E-state index in [-0.39, 0.29) is 6.03 Å². The van der Waals surface area contributed by atoms with Crippen molar-refractivity contribution in [2.24, 2.45) is 0 Å². The Hall–Kier alpha value is -0.810. The highest BCUT2D eigenvalue weighted by Crippen LogP contribution is 2.03. The molecule has 0 atom stereocenters. The normalized spacial score (nSPS) is 23.7. The van der Waals surface area contributed by atoms with Crippen LogP contribution in [0.25, 0.3) is 0 Å². The number of hydrogen-bond donors (Lipinski definition) is 1. The largest absolute Gasteiger partial charge is 0.378 e. The van der Waals surface area contributed by atoms with Crippen LogP contribution in [-0.4, -0.2) is 68.3 Å². The van der Waals surface area contributed by atoms with Crippen molar-refractivity contribution >= 4 is 6.03 Å². The molecule has 2 saturated heterocycles. The Morgan fingerprint density at radius 2 is 1.57 bits per heavy atom. The molecule has 2 amide bonds. The predicted octanol–water partition coefficient (Wildman–Crippen LogP) is -1.68.